The van der Waals surface area contributed by atoms with Gasteiger partial charge in [-0.2, -0.15) is 0 Å². The maximum Gasteiger partial charge on any atom is 0.0425 e. The predicted octanol–water partition coefficient (Wildman–Crippen LogP) is 3.64. The molecule has 0 N–H and O–H groups in total. The third-order valence-corrected chi connectivity index (χ3v) is 4.62. The SMILES string of the molecule is C1=c2ccccc2=CC(c2ccccc2)(c2ccccc2)C1. The molecule has 0 saturated heterocycles. The molecule has 22 heavy (non-hydrogen) atoms. The van der Waals surface area contributed by atoms with Gasteiger partial charge in [-0.25, -0.2) is 0 Å². The van der Waals surface area contributed by atoms with Crippen LogP contribution in [0, 0.1) is 0 Å². The van der Waals surface area contributed by atoms with Gasteiger partial charge in [-0.05, 0) is 28.0 Å². The summed E-state index contributed by atoms with van der Waals surface area (Å²) in [5.41, 5.74) is 2.63. The summed E-state index contributed by atoms with van der Waals surface area (Å²) in [6.07, 6.45) is 5.81. The highest BCUT2D eigenvalue weighted by Gasteiger charge is 2.31. The van der Waals surface area contributed by atoms with Crippen molar-refractivity contribution >= 4 is 12.2 Å². The first kappa shape index (κ1) is 13.1. The Morgan fingerprint density at radius 2 is 1.05 bits per heavy atom. The molecule has 3 aromatic carbocycles. The third-order valence-electron chi connectivity index (χ3n) is 4.62. The second-order valence-corrected chi connectivity index (χ2v) is 5.88. The summed E-state index contributed by atoms with van der Waals surface area (Å²) in [6.45, 7) is 0. The Morgan fingerprint density at radius 1 is 0.545 bits per heavy atom. The van der Waals surface area contributed by atoms with Crippen molar-refractivity contribution in [3.8, 4) is 0 Å². The Balaban J connectivity index is 2.02. The largest absolute Gasteiger partial charge is 0.0751 e. The van der Waals surface area contributed by atoms with Crippen LogP contribution in [0.3, 0.4) is 0 Å². The summed E-state index contributed by atoms with van der Waals surface area (Å²) in [7, 11) is 0. The van der Waals surface area contributed by atoms with Gasteiger partial charge in [0.2, 0.25) is 0 Å². The van der Waals surface area contributed by atoms with Gasteiger partial charge in [0.15, 0.2) is 0 Å². The van der Waals surface area contributed by atoms with E-state index in [-0.39, 0.29) is 5.41 Å². The van der Waals surface area contributed by atoms with E-state index >= 15 is 0 Å². The summed E-state index contributed by atoms with van der Waals surface area (Å²) < 4.78 is 0. The van der Waals surface area contributed by atoms with Crippen molar-refractivity contribution < 1.29 is 0 Å². The van der Waals surface area contributed by atoms with Gasteiger partial charge in [0.25, 0.3) is 0 Å². The van der Waals surface area contributed by atoms with E-state index < -0.39 is 0 Å². The van der Waals surface area contributed by atoms with E-state index in [4.69, 9.17) is 0 Å². The van der Waals surface area contributed by atoms with E-state index in [9.17, 15) is 0 Å². The minimum atomic E-state index is -0.0725. The Kier molecular flexibility index (Phi) is 3.16. The summed E-state index contributed by atoms with van der Waals surface area (Å²) in [6, 6.07) is 30.3. The molecular weight excluding hydrogens is 264 g/mol. The fraction of sp³-hybridized carbons (Fsp3) is 0.0909. The lowest BCUT2D eigenvalue weighted by molar-refractivity contribution is 0.703. The summed E-state index contributed by atoms with van der Waals surface area (Å²) in [5.74, 6) is 0. The molecule has 0 saturated carbocycles. The number of fused-ring (bicyclic) bond motifs is 1. The topological polar surface area (TPSA) is 0 Å². The molecule has 0 aromatic heterocycles. The highest BCUT2D eigenvalue weighted by atomic mass is 14.3. The first-order valence-electron chi connectivity index (χ1n) is 7.78. The van der Waals surface area contributed by atoms with Crippen LogP contribution in [0.5, 0.6) is 0 Å². The molecule has 0 amide bonds. The van der Waals surface area contributed by atoms with Crippen molar-refractivity contribution in [3.05, 3.63) is 106 Å². The minimum Gasteiger partial charge on any atom is -0.0751 e. The summed E-state index contributed by atoms with van der Waals surface area (Å²) >= 11 is 0. The zero-order chi connectivity index (χ0) is 14.8. The Morgan fingerprint density at radius 3 is 1.64 bits per heavy atom. The molecule has 0 heterocycles. The van der Waals surface area contributed by atoms with Gasteiger partial charge in [0, 0.05) is 5.41 Å². The third kappa shape index (κ3) is 2.08. The first-order chi connectivity index (χ1) is 10.9. The van der Waals surface area contributed by atoms with Crippen molar-refractivity contribution in [2.24, 2.45) is 0 Å². The molecule has 0 fully saturated rings. The van der Waals surface area contributed by atoms with Crippen LogP contribution in [0.1, 0.15) is 17.5 Å². The van der Waals surface area contributed by atoms with Crippen LogP contribution in [-0.4, -0.2) is 0 Å². The monoisotopic (exact) mass is 282 g/mol. The van der Waals surface area contributed by atoms with E-state index in [0.717, 1.165) is 6.42 Å². The van der Waals surface area contributed by atoms with Crippen LogP contribution in [0.4, 0.5) is 0 Å². The predicted molar refractivity (Wildman–Crippen MR) is 92.9 cm³/mol. The second-order valence-electron chi connectivity index (χ2n) is 5.88. The zero-order valence-corrected chi connectivity index (χ0v) is 12.4. The molecule has 0 heteroatoms. The quantitative estimate of drug-likeness (QED) is 0.673. The van der Waals surface area contributed by atoms with E-state index in [1.165, 1.54) is 21.6 Å². The minimum absolute atomic E-state index is 0.0725. The van der Waals surface area contributed by atoms with E-state index in [1.807, 2.05) is 0 Å². The van der Waals surface area contributed by atoms with Crippen LogP contribution in [0.2, 0.25) is 0 Å². The fourth-order valence-electron chi connectivity index (χ4n) is 3.46. The first-order valence-corrected chi connectivity index (χ1v) is 7.78. The molecule has 4 rings (SSSR count). The number of hydrogen-bond acceptors (Lipinski definition) is 0. The molecule has 0 nitrogen and oxygen atoms in total. The fourth-order valence-corrected chi connectivity index (χ4v) is 3.46. The molecule has 0 spiro atoms. The second kappa shape index (κ2) is 5.31. The van der Waals surface area contributed by atoms with Crippen molar-refractivity contribution in [3.63, 3.8) is 0 Å². The van der Waals surface area contributed by atoms with E-state index in [1.54, 1.807) is 0 Å². The molecule has 0 unspecified atom stereocenters. The zero-order valence-electron chi connectivity index (χ0n) is 12.4. The van der Waals surface area contributed by atoms with Gasteiger partial charge >= 0.3 is 0 Å². The van der Waals surface area contributed by atoms with Crippen LogP contribution < -0.4 is 10.4 Å². The molecule has 1 aliphatic rings. The molecule has 0 bridgehead atoms. The van der Waals surface area contributed by atoms with E-state index in [2.05, 4.69) is 97.1 Å². The number of hydrogen-bond donors (Lipinski definition) is 0. The van der Waals surface area contributed by atoms with Gasteiger partial charge in [-0.3, -0.25) is 0 Å². The van der Waals surface area contributed by atoms with Crippen LogP contribution in [-0.2, 0) is 5.41 Å². The number of benzene rings is 3. The molecule has 1 aliphatic carbocycles. The Labute approximate surface area is 131 Å². The summed E-state index contributed by atoms with van der Waals surface area (Å²) in [4.78, 5) is 0. The summed E-state index contributed by atoms with van der Waals surface area (Å²) in [5, 5.41) is 2.66. The smallest absolute Gasteiger partial charge is 0.0425 e. The number of rotatable bonds is 2. The van der Waals surface area contributed by atoms with E-state index in [0.29, 0.717) is 0 Å². The van der Waals surface area contributed by atoms with Gasteiger partial charge in [-0.1, -0.05) is 97.1 Å². The van der Waals surface area contributed by atoms with Gasteiger partial charge < -0.3 is 0 Å². The average molecular weight is 282 g/mol. The normalized spacial score (nSPS) is 15.3. The van der Waals surface area contributed by atoms with Gasteiger partial charge in [0.1, 0.15) is 0 Å². The van der Waals surface area contributed by atoms with Crippen molar-refractivity contribution in [1.82, 2.24) is 0 Å². The van der Waals surface area contributed by atoms with Crippen molar-refractivity contribution in [2.75, 3.05) is 0 Å². The Hall–Kier alpha value is -2.60. The maximum absolute atomic E-state index is 2.44. The van der Waals surface area contributed by atoms with Crippen LogP contribution in [0.15, 0.2) is 84.9 Å². The van der Waals surface area contributed by atoms with Crippen molar-refractivity contribution in [1.29, 1.82) is 0 Å². The molecule has 3 aromatic rings. The van der Waals surface area contributed by atoms with Gasteiger partial charge in [0.05, 0.1) is 0 Å². The molecule has 0 aliphatic heterocycles. The molecular formula is C22H18. The molecule has 0 radical (unpaired) electrons. The highest BCUT2D eigenvalue weighted by molar-refractivity contribution is 5.62. The Bertz CT molecular complexity index is 850. The maximum atomic E-state index is 2.44. The van der Waals surface area contributed by atoms with Gasteiger partial charge in [-0.15, -0.1) is 0 Å². The standard InChI is InChI=1S/C22H18/c1-3-11-20(12-4-1)22(21-13-5-2-6-14-21)16-15-18-9-7-8-10-19(18)17-22/h1-15,17H,16H2. The molecule has 106 valence electrons. The van der Waals surface area contributed by atoms with Crippen LogP contribution >= 0.6 is 0 Å². The highest BCUT2D eigenvalue weighted by Crippen LogP contribution is 2.38. The lowest BCUT2D eigenvalue weighted by Crippen LogP contribution is -2.37. The van der Waals surface area contributed by atoms with Crippen LogP contribution in [0.25, 0.3) is 12.2 Å². The molecule has 0 atom stereocenters. The van der Waals surface area contributed by atoms with Crippen molar-refractivity contribution in [2.45, 2.75) is 11.8 Å². The average Bonchev–Trinajstić information content (AvgIpc) is 2.63. The lowest BCUT2D eigenvalue weighted by atomic mass is 9.70. The lowest BCUT2D eigenvalue weighted by Gasteiger charge is -2.33.